The maximum atomic E-state index is 10.8. The Bertz CT molecular complexity index is 591. The van der Waals surface area contributed by atoms with Crippen molar-refractivity contribution in [2.45, 2.75) is 20.3 Å². The smallest absolute Gasteiger partial charge is 0.335 e. The summed E-state index contributed by atoms with van der Waals surface area (Å²) in [6.07, 6.45) is 0.782. The molecule has 0 atom stereocenters. The number of carboxylic acids is 1. The molecule has 2 aromatic rings. The SMILES string of the molecule is CCc1nc(C)ccc1Oc1ccc(C(=O)O)cc1. The van der Waals surface area contributed by atoms with E-state index in [1.54, 1.807) is 12.1 Å². The van der Waals surface area contributed by atoms with Gasteiger partial charge in [-0.3, -0.25) is 4.98 Å². The summed E-state index contributed by atoms with van der Waals surface area (Å²) in [4.78, 5) is 15.2. The van der Waals surface area contributed by atoms with Crippen LogP contribution in [0, 0.1) is 6.92 Å². The molecule has 19 heavy (non-hydrogen) atoms. The van der Waals surface area contributed by atoms with E-state index in [2.05, 4.69) is 4.98 Å². The molecule has 0 unspecified atom stereocenters. The molecule has 0 aliphatic heterocycles. The zero-order chi connectivity index (χ0) is 13.8. The first-order valence-electron chi connectivity index (χ1n) is 6.08. The number of ether oxygens (including phenoxy) is 1. The monoisotopic (exact) mass is 257 g/mol. The van der Waals surface area contributed by atoms with Crippen LogP contribution in [0.5, 0.6) is 11.5 Å². The maximum absolute atomic E-state index is 10.8. The highest BCUT2D eigenvalue weighted by Crippen LogP contribution is 2.25. The van der Waals surface area contributed by atoms with Crippen molar-refractivity contribution >= 4 is 5.97 Å². The number of benzene rings is 1. The minimum absolute atomic E-state index is 0.241. The molecule has 2 rings (SSSR count). The summed E-state index contributed by atoms with van der Waals surface area (Å²) in [5.41, 5.74) is 2.08. The summed E-state index contributed by atoms with van der Waals surface area (Å²) in [6.45, 7) is 3.95. The van der Waals surface area contributed by atoms with Gasteiger partial charge in [0.1, 0.15) is 11.5 Å². The number of aromatic nitrogens is 1. The van der Waals surface area contributed by atoms with Crippen molar-refractivity contribution in [3.63, 3.8) is 0 Å². The first-order chi connectivity index (χ1) is 9.10. The second-order valence-electron chi connectivity index (χ2n) is 4.18. The van der Waals surface area contributed by atoms with Gasteiger partial charge in [-0.1, -0.05) is 6.92 Å². The Labute approximate surface area is 111 Å². The summed E-state index contributed by atoms with van der Waals surface area (Å²) < 4.78 is 5.73. The highest BCUT2D eigenvalue weighted by molar-refractivity contribution is 5.87. The minimum atomic E-state index is -0.946. The molecule has 0 saturated carbocycles. The van der Waals surface area contributed by atoms with Crippen LogP contribution >= 0.6 is 0 Å². The Morgan fingerprint density at radius 2 is 1.89 bits per heavy atom. The van der Waals surface area contributed by atoms with Gasteiger partial charge in [-0.2, -0.15) is 0 Å². The fourth-order valence-electron chi connectivity index (χ4n) is 1.74. The molecule has 98 valence electrons. The van der Waals surface area contributed by atoms with E-state index in [1.807, 2.05) is 26.0 Å². The van der Waals surface area contributed by atoms with E-state index in [4.69, 9.17) is 9.84 Å². The highest BCUT2D eigenvalue weighted by Gasteiger charge is 2.07. The van der Waals surface area contributed by atoms with Gasteiger partial charge in [-0.25, -0.2) is 4.79 Å². The fraction of sp³-hybridized carbons (Fsp3) is 0.200. The van der Waals surface area contributed by atoms with Crippen LogP contribution in [0.3, 0.4) is 0 Å². The number of carboxylic acid groups (broad SMARTS) is 1. The molecule has 0 spiro atoms. The largest absolute Gasteiger partial charge is 0.478 e. The first kappa shape index (κ1) is 13.1. The van der Waals surface area contributed by atoms with E-state index in [1.165, 1.54) is 12.1 Å². The molecule has 1 heterocycles. The van der Waals surface area contributed by atoms with Gasteiger partial charge in [0, 0.05) is 5.69 Å². The molecule has 4 nitrogen and oxygen atoms in total. The summed E-state index contributed by atoms with van der Waals surface area (Å²) in [7, 11) is 0. The topological polar surface area (TPSA) is 59.4 Å². The van der Waals surface area contributed by atoms with Crippen LogP contribution in [0.25, 0.3) is 0 Å². The van der Waals surface area contributed by atoms with Crippen molar-refractivity contribution < 1.29 is 14.6 Å². The summed E-state index contributed by atoms with van der Waals surface area (Å²) in [6, 6.07) is 10.1. The van der Waals surface area contributed by atoms with E-state index in [0.717, 1.165) is 17.8 Å². The third kappa shape index (κ3) is 3.10. The lowest BCUT2D eigenvalue weighted by molar-refractivity contribution is 0.0697. The van der Waals surface area contributed by atoms with Crippen molar-refractivity contribution in [3.8, 4) is 11.5 Å². The third-order valence-corrected chi connectivity index (χ3v) is 2.74. The van der Waals surface area contributed by atoms with E-state index in [9.17, 15) is 4.79 Å². The minimum Gasteiger partial charge on any atom is -0.478 e. The summed E-state index contributed by atoms with van der Waals surface area (Å²) in [5, 5.41) is 8.83. The van der Waals surface area contributed by atoms with Crippen molar-refractivity contribution in [2.75, 3.05) is 0 Å². The van der Waals surface area contributed by atoms with Crippen LogP contribution in [0.2, 0.25) is 0 Å². The van der Waals surface area contributed by atoms with Gasteiger partial charge in [0.25, 0.3) is 0 Å². The van der Waals surface area contributed by atoms with Crippen molar-refractivity contribution in [1.29, 1.82) is 0 Å². The summed E-state index contributed by atoms with van der Waals surface area (Å²) in [5.74, 6) is 0.360. The lowest BCUT2D eigenvalue weighted by Crippen LogP contribution is -1.97. The van der Waals surface area contributed by atoms with E-state index >= 15 is 0 Å². The molecule has 1 aromatic heterocycles. The van der Waals surface area contributed by atoms with Crippen LogP contribution in [0.15, 0.2) is 36.4 Å². The number of hydrogen-bond donors (Lipinski definition) is 1. The zero-order valence-corrected chi connectivity index (χ0v) is 10.9. The average molecular weight is 257 g/mol. The molecule has 0 aliphatic rings. The number of aromatic carboxylic acids is 1. The molecular weight excluding hydrogens is 242 g/mol. The predicted molar refractivity (Wildman–Crippen MR) is 71.8 cm³/mol. The molecule has 4 heteroatoms. The number of hydrogen-bond acceptors (Lipinski definition) is 3. The lowest BCUT2D eigenvalue weighted by atomic mass is 10.2. The van der Waals surface area contributed by atoms with Gasteiger partial charge in [-0.15, -0.1) is 0 Å². The van der Waals surface area contributed by atoms with E-state index < -0.39 is 5.97 Å². The molecule has 0 bridgehead atoms. The van der Waals surface area contributed by atoms with E-state index in [0.29, 0.717) is 11.5 Å². The molecule has 0 radical (unpaired) electrons. The Hall–Kier alpha value is -2.36. The number of pyridine rings is 1. The lowest BCUT2D eigenvalue weighted by Gasteiger charge is -2.10. The van der Waals surface area contributed by atoms with Crippen molar-refractivity contribution in [1.82, 2.24) is 4.98 Å². The van der Waals surface area contributed by atoms with Crippen LogP contribution in [-0.4, -0.2) is 16.1 Å². The quantitative estimate of drug-likeness (QED) is 0.911. The van der Waals surface area contributed by atoms with Gasteiger partial charge in [0.2, 0.25) is 0 Å². The molecule has 0 amide bonds. The Kier molecular flexibility index (Phi) is 3.80. The third-order valence-electron chi connectivity index (χ3n) is 2.74. The summed E-state index contributed by atoms with van der Waals surface area (Å²) >= 11 is 0. The number of aryl methyl sites for hydroxylation is 2. The maximum Gasteiger partial charge on any atom is 0.335 e. The normalized spacial score (nSPS) is 10.2. The van der Waals surface area contributed by atoms with Crippen LogP contribution in [-0.2, 0) is 6.42 Å². The molecule has 0 aliphatic carbocycles. The second-order valence-corrected chi connectivity index (χ2v) is 4.18. The van der Waals surface area contributed by atoms with Crippen molar-refractivity contribution in [3.05, 3.63) is 53.3 Å². The molecule has 1 aromatic carbocycles. The Morgan fingerprint density at radius 3 is 2.47 bits per heavy atom. The Balaban J connectivity index is 2.23. The molecule has 1 N–H and O–H groups in total. The standard InChI is InChI=1S/C15H15NO3/c1-3-13-14(9-4-10(2)16-13)19-12-7-5-11(6-8-12)15(17)18/h4-9H,3H2,1-2H3,(H,17,18). The Morgan fingerprint density at radius 1 is 1.21 bits per heavy atom. The second kappa shape index (κ2) is 5.52. The fourth-order valence-corrected chi connectivity index (χ4v) is 1.74. The van der Waals surface area contributed by atoms with Gasteiger partial charge >= 0.3 is 5.97 Å². The highest BCUT2D eigenvalue weighted by atomic mass is 16.5. The number of carbonyl (C=O) groups is 1. The molecular formula is C15H15NO3. The van der Waals surface area contributed by atoms with Gasteiger partial charge in [0.15, 0.2) is 0 Å². The van der Waals surface area contributed by atoms with E-state index in [-0.39, 0.29) is 5.56 Å². The van der Waals surface area contributed by atoms with Crippen LogP contribution in [0.1, 0.15) is 28.7 Å². The van der Waals surface area contributed by atoms with Crippen LogP contribution in [0.4, 0.5) is 0 Å². The van der Waals surface area contributed by atoms with Crippen LogP contribution < -0.4 is 4.74 Å². The zero-order valence-electron chi connectivity index (χ0n) is 10.9. The number of nitrogens with zero attached hydrogens (tertiary/aromatic N) is 1. The molecule has 0 fully saturated rings. The van der Waals surface area contributed by atoms with Gasteiger partial charge in [-0.05, 0) is 49.7 Å². The molecule has 0 saturated heterocycles. The number of rotatable bonds is 4. The van der Waals surface area contributed by atoms with Gasteiger partial charge < -0.3 is 9.84 Å². The predicted octanol–water partition coefficient (Wildman–Crippen LogP) is 3.44. The van der Waals surface area contributed by atoms with Gasteiger partial charge in [0.05, 0.1) is 11.3 Å². The first-order valence-corrected chi connectivity index (χ1v) is 6.08. The average Bonchev–Trinajstić information content (AvgIpc) is 2.41. The van der Waals surface area contributed by atoms with Crippen molar-refractivity contribution in [2.24, 2.45) is 0 Å².